The van der Waals surface area contributed by atoms with Crippen LogP contribution in [-0.4, -0.2) is 45.0 Å². The molecule has 1 aliphatic carbocycles. The number of nitrogens with zero attached hydrogens (tertiary/aromatic N) is 4. The van der Waals surface area contributed by atoms with Crippen molar-refractivity contribution in [1.82, 2.24) is 25.0 Å². The molecule has 9 heteroatoms. The van der Waals surface area contributed by atoms with Crippen molar-refractivity contribution >= 4 is 17.2 Å². The van der Waals surface area contributed by atoms with Crippen LogP contribution in [-0.2, 0) is 32.5 Å². The Morgan fingerprint density at radius 3 is 2.97 bits per heavy atom. The van der Waals surface area contributed by atoms with Gasteiger partial charge in [-0.1, -0.05) is 6.07 Å². The van der Waals surface area contributed by atoms with Crippen LogP contribution < -0.4 is 14.8 Å². The predicted octanol–water partition coefficient (Wildman–Crippen LogP) is 3.07. The molecule has 33 heavy (non-hydrogen) atoms. The van der Waals surface area contributed by atoms with Crippen LogP contribution in [0.4, 0.5) is 0 Å². The average Bonchev–Trinajstić information content (AvgIpc) is 3.19. The second-order valence-electron chi connectivity index (χ2n) is 9.00. The first-order valence-corrected chi connectivity index (χ1v) is 12.4. The molecule has 4 heterocycles. The first-order valence-electron chi connectivity index (χ1n) is 11.5. The van der Waals surface area contributed by atoms with Crippen molar-refractivity contribution in [1.29, 1.82) is 0 Å². The number of rotatable bonds is 7. The number of hydrogen-bond donors (Lipinski definition) is 1. The summed E-state index contributed by atoms with van der Waals surface area (Å²) in [5.41, 5.74) is 7.02. The van der Waals surface area contributed by atoms with Gasteiger partial charge in [-0.05, 0) is 37.5 Å². The van der Waals surface area contributed by atoms with Gasteiger partial charge in [0.1, 0.15) is 0 Å². The molecular weight excluding hydrogens is 438 g/mol. The number of aryl methyl sites for hydroxylation is 3. The van der Waals surface area contributed by atoms with Gasteiger partial charge in [0, 0.05) is 61.2 Å². The van der Waals surface area contributed by atoms with E-state index in [4.69, 9.17) is 14.6 Å². The minimum absolute atomic E-state index is 0.0357. The summed E-state index contributed by atoms with van der Waals surface area (Å²) in [5.74, 6) is 1.57. The van der Waals surface area contributed by atoms with Crippen molar-refractivity contribution in [2.45, 2.75) is 58.3 Å². The Morgan fingerprint density at radius 2 is 2.15 bits per heavy atom. The van der Waals surface area contributed by atoms with E-state index in [9.17, 15) is 4.79 Å². The maximum absolute atomic E-state index is 13.0. The minimum atomic E-state index is -0.0357. The summed E-state index contributed by atoms with van der Waals surface area (Å²) >= 11 is 1.69. The fourth-order valence-corrected chi connectivity index (χ4v) is 5.37. The molecule has 3 aromatic rings. The molecule has 1 fully saturated rings. The van der Waals surface area contributed by atoms with Crippen LogP contribution in [0.3, 0.4) is 0 Å². The van der Waals surface area contributed by atoms with Gasteiger partial charge in [0.15, 0.2) is 17.2 Å². The van der Waals surface area contributed by atoms with E-state index in [1.54, 1.807) is 11.3 Å². The van der Waals surface area contributed by atoms with E-state index in [0.29, 0.717) is 11.7 Å². The minimum Gasteiger partial charge on any atom is -0.454 e. The van der Waals surface area contributed by atoms with Crippen molar-refractivity contribution < 1.29 is 14.3 Å². The highest BCUT2D eigenvalue weighted by atomic mass is 32.1. The number of thiazole rings is 1. The summed E-state index contributed by atoms with van der Waals surface area (Å²) < 4.78 is 13.0. The average molecular weight is 466 g/mol. The molecular formula is C24H27N5O3S. The first-order chi connectivity index (χ1) is 16.1. The third-order valence-corrected chi connectivity index (χ3v) is 7.57. The molecule has 1 N–H and O–H groups in total. The predicted molar refractivity (Wildman–Crippen MR) is 124 cm³/mol. The van der Waals surface area contributed by atoms with Crippen LogP contribution in [0.2, 0.25) is 0 Å². The van der Waals surface area contributed by atoms with E-state index in [2.05, 4.69) is 32.0 Å². The van der Waals surface area contributed by atoms with Crippen LogP contribution in [0, 0.1) is 6.92 Å². The van der Waals surface area contributed by atoms with E-state index < -0.39 is 0 Å². The largest absolute Gasteiger partial charge is 0.454 e. The highest BCUT2D eigenvalue weighted by molar-refractivity contribution is 7.09. The number of carbonyl (C=O) groups excluding carboxylic acids is 1. The van der Waals surface area contributed by atoms with E-state index in [0.717, 1.165) is 74.6 Å². The molecule has 0 spiro atoms. The van der Waals surface area contributed by atoms with Gasteiger partial charge < -0.3 is 14.8 Å². The SMILES string of the molecule is Cc1ncsc1CCn1nc(C(=O)NC2CC2)c2c1CCN(Cc1ccc3c(c1)OCO3)C2. The van der Waals surface area contributed by atoms with Gasteiger partial charge in [0.25, 0.3) is 5.91 Å². The van der Waals surface area contributed by atoms with E-state index >= 15 is 0 Å². The van der Waals surface area contributed by atoms with Gasteiger partial charge in [-0.15, -0.1) is 11.3 Å². The molecule has 1 aromatic carbocycles. The van der Waals surface area contributed by atoms with E-state index in [-0.39, 0.29) is 12.7 Å². The molecule has 3 aliphatic rings. The molecule has 0 bridgehead atoms. The van der Waals surface area contributed by atoms with E-state index in [1.807, 2.05) is 18.5 Å². The number of amides is 1. The highest BCUT2D eigenvalue weighted by Gasteiger charge is 2.31. The number of fused-ring (bicyclic) bond motifs is 2. The molecule has 1 amide bonds. The number of hydrogen-bond acceptors (Lipinski definition) is 7. The Kier molecular flexibility index (Phi) is 5.30. The van der Waals surface area contributed by atoms with Crippen molar-refractivity contribution in [3.63, 3.8) is 0 Å². The first kappa shape index (κ1) is 20.7. The summed E-state index contributed by atoms with van der Waals surface area (Å²) in [4.78, 5) is 21.0. The monoisotopic (exact) mass is 465 g/mol. The van der Waals surface area contributed by atoms with Gasteiger partial charge in [0.05, 0.1) is 11.2 Å². The summed E-state index contributed by atoms with van der Waals surface area (Å²) in [6, 6.07) is 6.43. The Hall–Kier alpha value is -2.91. The van der Waals surface area contributed by atoms with Crippen LogP contribution in [0.15, 0.2) is 23.7 Å². The van der Waals surface area contributed by atoms with Crippen LogP contribution in [0.25, 0.3) is 0 Å². The standard InChI is InChI=1S/C24H27N5O3S/c1-15-22(33-13-25-15)7-9-29-19-6-8-28(11-16-2-5-20-21(10-16)32-14-31-20)12-18(19)23(27-29)24(30)26-17-3-4-17/h2,5,10,13,17H,3-4,6-9,11-12,14H2,1H3,(H,26,30). The van der Waals surface area contributed by atoms with Crippen LogP contribution in [0.5, 0.6) is 11.5 Å². The maximum Gasteiger partial charge on any atom is 0.272 e. The molecule has 0 unspecified atom stereocenters. The third-order valence-electron chi connectivity index (χ3n) is 6.58. The number of benzene rings is 1. The molecule has 0 saturated heterocycles. The van der Waals surface area contributed by atoms with Gasteiger partial charge in [-0.3, -0.25) is 14.4 Å². The van der Waals surface area contributed by atoms with Crippen LogP contribution in [0.1, 0.15) is 50.7 Å². The van der Waals surface area contributed by atoms with Crippen molar-refractivity contribution in [2.75, 3.05) is 13.3 Å². The lowest BCUT2D eigenvalue weighted by Gasteiger charge is -2.28. The summed E-state index contributed by atoms with van der Waals surface area (Å²) in [6.45, 7) is 5.54. The number of nitrogens with one attached hydrogen (secondary N) is 1. The zero-order chi connectivity index (χ0) is 22.4. The lowest BCUT2D eigenvalue weighted by molar-refractivity contribution is 0.0943. The topological polar surface area (TPSA) is 81.5 Å². The fourth-order valence-electron chi connectivity index (χ4n) is 4.60. The quantitative estimate of drug-likeness (QED) is 0.578. The molecule has 1 saturated carbocycles. The second-order valence-corrected chi connectivity index (χ2v) is 9.94. The Bertz CT molecular complexity index is 1200. The van der Waals surface area contributed by atoms with Gasteiger partial charge in [-0.25, -0.2) is 4.98 Å². The van der Waals surface area contributed by atoms with Crippen LogP contribution >= 0.6 is 11.3 Å². The number of carbonyl (C=O) groups is 1. The normalized spacial score (nSPS) is 17.2. The molecule has 0 atom stereocenters. The maximum atomic E-state index is 13.0. The number of ether oxygens (including phenoxy) is 2. The molecule has 6 rings (SSSR count). The summed E-state index contributed by atoms with van der Waals surface area (Å²) in [5, 5.41) is 7.95. The molecule has 0 radical (unpaired) electrons. The lowest BCUT2D eigenvalue weighted by atomic mass is 10.0. The summed E-state index contributed by atoms with van der Waals surface area (Å²) in [7, 11) is 0. The Labute approximate surface area is 196 Å². The van der Waals surface area contributed by atoms with Gasteiger partial charge in [-0.2, -0.15) is 5.10 Å². The zero-order valence-electron chi connectivity index (χ0n) is 18.7. The Balaban J connectivity index is 1.23. The zero-order valence-corrected chi connectivity index (χ0v) is 19.5. The number of aromatic nitrogens is 3. The van der Waals surface area contributed by atoms with Gasteiger partial charge >= 0.3 is 0 Å². The van der Waals surface area contributed by atoms with Crippen molar-refractivity contribution in [3.8, 4) is 11.5 Å². The van der Waals surface area contributed by atoms with Crippen molar-refractivity contribution in [3.05, 3.63) is 56.8 Å². The molecule has 2 aliphatic heterocycles. The van der Waals surface area contributed by atoms with Crippen molar-refractivity contribution in [2.24, 2.45) is 0 Å². The highest BCUT2D eigenvalue weighted by Crippen LogP contribution is 2.33. The van der Waals surface area contributed by atoms with E-state index in [1.165, 1.54) is 16.1 Å². The summed E-state index contributed by atoms with van der Waals surface area (Å²) in [6.07, 6.45) is 3.89. The fraction of sp³-hybridized carbons (Fsp3) is 0.458. The Morgan fingerprint density at radius 1 is 1.27 bits per heavy atom. The molecule has 8 nitrogen and oxygen atoms in total. The van der Waals surface area contributed by atoms with Gasteiger partial charge in [0.2, 0.25) is 6.79 Å². The molecule has 172 valence electrons. The third kappa shape index (κ3) is 4.22. The molecule has 2 aromatic heterocycles. The second kappa shape index (κ2) is 8.46. The smallest absolute Gasteiger partial charge is 0.272 e. The lowest BCUT2D eigenvalue weighted by Crippen LogP contribution is -2.32.